The van der Waals surface area contributed by atoms with Gasteiger partial charge in [-0.1, -0.05) is 11.6 Å². The zero-order valence-corrected chi connectivity index (χ0v) is 12.5. The first-order valence-corrected chi connectivity index (χ1v) is 7.47. The van der Waals surface area contributed by atoms with E-state index in [4.69, 9.17) is 11.6 Å². The van der Waals surface area contributed by atoms with Gasteiger partial charge >= 0.3 is 0 Å². The average Bonchev–Trinajstić information content (AvgIpc) is 2.75. The van der Waals surface area contributed by atoms with Gasteiger partial charge in [-0.05, 0) is 43.5 Å². The number of fused-ring (bicyclic) bond motifs is 2. The molecule has 2 bridgehead atoms. The Hall–Kier alpha value is -0.930. The molecule has 2 heterocycles. The lowest BCUT2D eigenvalue weighted by atomic mass is 9.94. The van der Waals surface area contributed by atoms with Crippen molar-refractivity contribution in [2.75, 3.05) is 43.9 Å². The van der Waals surface area contributed by atoms with Crippen LogP contribution in [0.3, 0.4) is 0 Å². The zero-order valence-electron chi connectivity index (χ0n) is 11.7. The Labute approximate surface area is 120 Å². The van der Waals surface area contributed by atoms with Crippen molar-refractivity contribution in [3.05, 3.63) is 23.2 Å². The highest BCUT2D eigenvalue weighted by Crippen LogP contribution is 2.32. The normalized spacial score (nSPS) is 29.3. The number of piperidine rings is 1. The summed E-state index contributed by atoms with van der Waals surface area (Å²) in [6, 6.07) is 6.90. The molecule has 3 nitrogen and oxygen atoms in total. The van der Waals surface area contributed by atoms with Gasteiger partial charge in [0, 0.05) is 38.9 Å². The van der Waals surface area contributed by atoms with Crippen molar-refractivity contribution in [3.63, 3.8) is 0 Å². The van der Waals surface area contributed by atoms with Crippen LogP contribution in [0.25, 0.3) is 0 Å². The Morgan fingerprint density at radius 1 is 1.26 bits per heavy atom. The predicted molar refractivity (Wildman–Crippen MR) is 82.4 cm³/mol. The molecular weight excluding hydrogens is 258 g/mol. The van der Waals surface area contributed by atoms with Crippen molar-refractivity contribution in [2.24, 2.45) is 5.92 Å². The summed E-state index contributed by atoms with van der Waals surface area (Å²) in [5.74, 6) is 0.807. The fraction of sp³-hybridized carbons (Fsp3) is 0.600. The summed E-state index contributed by atoms with van der Waals surface area (Å²) in [4.78, 5) is 4.62. The summed E-state index contributed by atoms with van der Waals surface area (Å²) in [6.07, 6.45) is 2.58. The van der Waals surface area contributed by atoms with E-state index in [9.17, 15) is 0 Å². The Bertz CT molecular complexity index is 461. The van der Waals surface area contributed by atoms with Gasteiger partial charge in [0.05, 0.1) is 10.7 Å². The van der Waals surface area contributed by atoms with Gasteiger partial charge in [0.1, 0.15) is 0 Å². The quantitative estimate of drug-likeness (QED) is 0.918. The van der Waals surface area contributed by atoms with Gasteiger partial charge < -0.3 is 15.1 Å². The molecular formula is C15H22ClN3. The summed E-state index contributed by atoms with van der Waals surface area (Å²) >= 11 is 6.33. The predicted octanol–water partition coefficient (Wildman–Crippen LogP) is 2.91. The standard InChI is InChI=1S/C15H22ClN3/c1-18(2)15-4-3-12(9-13(15)16)17-14-6-8-19-7-5-11(14)10-19/h3-4,9,11,14,17H,5-8,10H2,1-2H3. The van der Waals surface area contributed by atoms with Crippen molar-refractivity contribution in [1.82, 2.24) is 4.90 Å². The summed E-state index contributed by atoms with van der Waals surface area (Å²) in [5.41, 5.74) is 2.23. The van der Waals surface area contributed by atoms with Crippen LogP contribution in [0, 0.1) is 5.92 Å². The monoisotopic (exact) mass is 279 g/mol. The van der Waals surface area contributed by atoms with Crippen LogP contribution < -0.4 is 10.2 Å². The highest BCUT2D eigenvalue weighted by atomic mass is 35.5. The lowest BCUT2D eigenvalue weighted by molar-refractivity contribution is 0.255. The van der Waals surface area contributed by atoms with Crippen molar-refractivity contribution in [1.29, 1.82) is 0 Å². The molecule has 0 radical (unpaired) electrons. The molecule has 104 valence electrons. The topological polar surface area (TPSA) is 18.5 Å². The lowest BCUT2D eigenvalue weighted by Gasteiger charge is -2.32. The Morgan fingerprint density at radius 2 is 2.05 bits per heavy atom. The number of rotatable bonds is 3. The molecule has 3 atom stereocenters. The molecule has 1 aromatic carbocycles. The molecule has 1 N–H and O–H groups in total. The van der Waals surface area contributed by atoms with E-state index in [-0.39, 0.29) is 0 Å². The first-order chi connectivity index (χ1) is 9.13. The Morgan fingerprint density at radius 3 is 2.79 bits per heavy atom. The van der Waals surface area contributed by atoms with Crippen molar-refractivity contribution in [2.45, 2.75) is 18.9 Å². The van der Waals surface area contributed by atoms with E-state index in [0.29, 0.717) is 6.04 Å². The third kappa shape index (κ3) is 2.67. The SMILES string of the molecule is CN(C)c1ccc(NC2CCN3CCC2C3)cc1Cl. The third-order valence-electron chi connectivity index (χ3n) is 4.42. The number of halogens is 1. The Balaban J connectivity index is 1.71. The van der Waals surface area contributed by atoms with E-state index in [1.807, 2.05) is 19.0 Å². The summed E-state index contributed by atoms with van der Waals surface area (Å²) in [6.45, 7) is 3.78. The largest absolute Gasteiger partial charge is 0.382 e. The number of benzene rings is 1. The fourth-order valence-corrected chi connectivity index (χ4v) is 3.66. The fourth-order valence-electron chi connectivity index (χ4n) is 3.31. The number of nitrogens with zero attached hydrogens (tertiary/aromatic N) is 2. The van der Waals surface area contributed by atoms with Crippen LogP contribution in [0.4, 0.5) is 11.4 Å². The first kappa shape index (κ1) is 13.1. The molecule has 0 aromatic heterocycles. The minimum Gasteiger partial charge on any atom is -0.382 e. The van der Waals surface area contributed by atoms with E-state index in [0.717, 1.165) is 22.3 Å². The van der Waals surface area contributed by atoms with Gasteiger partial charge in [-0.15, -0.1) is 0 Å². The van der Waals surface area contributed by atoms with E-state index in [2.05, 4.69) is 28.4 Å². The molecule has 4 heteroatoms. The first-order valence-electron chi connectivity index (χ1n) is 7.09. The van der Waals surface area contributed by atoms with Gasteiger partial charge in [-0.25, -0.2) is 0 Å². The second kappa shape index (κ2) is 5.22. The average molecular weight is 280 g/mol. The summed E-state index contributed by atoms with van der Waals surface area (Å²) < 4.78 is 0. The van der Waals surface area contributed by atoms with E-state index >= 15 is 0 Å². The highest BCUT2D eigenvalue weighted by molar-refractivity contribution is 6.33. The molecule has 2 aliphatic rings. The molecule has 2 aliphatic heterocycles. The molecule has 1 aromatic rings. The molecule has 2 saturated heterocycles. The van der Waals surface area contributed by atoms with Crippen LogP contribution in [0.5, 0.6) is 0 Å². The van der Waals surface area contributed by atoms with E-state index < -0.39 is 0 Å². The Kier molecular flexibility index (Phi) is 3.59. The van der Waals surface area contributed by atoms with E-state index in [1.54, 1.807) is 0 Å². The number of hydrogen-bond acceptors (Lipinski definition) is 3. The smallest absolute Gasteiger partial charge is 0.0659 e. The minimum absolute atomic E-state index is 0.611. The molecule has 3 unspecified atom stereocenters. The molecule has 19 heavy (non-hydrogen) atoms. The molecule has 0 saturated carbocycles. The van der Waals surface area contributed by atoms with E-state index in [1.165, 1.54) is 32.5 Å². The molecule has 3 rings (SSSR count). The maximum atomic E-state index is 6.33. The van der Waals surface area contributed by atoms with Crippen LogP contribution in [0.15, 0.2) is 18.2 Å². The summed E-state index contributed by atoms with van der Waals surface area (Å²) in [5, 5.41) is 4.50. The van der Waals surface area contributed by atoms with Gasteiger partial charge in [0.25, 0.3) is 0 Å². The van der Waals surface area contributed by atoms with Gasteiger partial charge in [-0.2, -0.15) is 0 Å². The highest BCUT2D eigenvalue weighted by Gasteiger charge is 2.34. The minimum atomic E-state index is 0.611. The van der Waals surface area contributed by atoms with Gasteiger partial charge in [0.2, 0.25) is 0 Å². The molecule has 2 fully saturated rings. The van der Waals surface area contributed by atoms with Crippen LogP contribution in [-0.2, 0) is 0 Å². The zero-order chi connectivity index (χ0) is 13.4. The van der Waals surface area contributed by atoms with Crippen LogP contribution in [0.2, 0.25) is 5.02 Å². The molecule has 0 amide bonds. The number of anilines is 2. The summed E-state index contributed by atoms with van der Waals surface area (Å²) in [7, 11) is 4.03. The number of nitrogens with one attached hydrogen (secondary N) is 1. The van der Waals surface area contributed by atoms with Crippen molar-refractivity contribution < 1.29 is 0 Å². The molecule has 0 spiro atoms. The van der Waals surface area contributed by atoms with Crippen molar-refractivity contribution >= 4 is 23.0 Å². The maximum Gasteiger partial charge on any atom is 0.0659 e. The second-order valence-corrected chi connectivity index (χ2v) is 6.36. The van der Waals surface area contributed by atoms with Gasteiger partial charge in [0.15, 0.2) is 0 Å². The van der Waals surface area contributed by atoms with Crippen LogP contribution >= 0.6 is 11.6 Å². The second-order valence-electron chi connectivity index (χ2n) is 5.95. The third-order valence-corrected chi connectivity index (χ3v) is 4.72. The lowest BCUT2D eigenvalue weighted by Crippen LogP contribution is -2.39. The van der Waals surface area contributed by atoms with Crippen molar-refractivity contribution in [3.8, 4) is 0 Å². The maximum absolute atomic E-state index is 6.33. The van der Waals surface area contributed by atoms with Crippen LogP contribution in [0.1, 0.15) is 12.8 Å². The molecule has 0 aliphatic carbocycles. The number of hydrogen-bond donors (Lipinski definition) is 1. The van der Waals surface area contributed by atoms with Crippen LogP contribution in [-0.4, -0.2) is 44.7 Å². The van der Waals surface area contributed by atoms with Gasteiger partial charge in [-0.3, -0.25) is 0 Å².